The topological polar surface area (TPSA) is 35.5 Å². The first kappa shape index (κ1) is 20.6. The Morgan fingerprint density at radius 3 is 1.71 bits per heavy atom. The van der Waals surface area contributed by atoms with E-state index in [1.54, 1.807) is 7.11 Å². The molecule has 0 rings (SSSR count). The van der Waals surface area contributed by atoms with Crippen molar-refractivity contribution in [2.75, 3.05) is 13.9 Å². The van der Waals surface area contributed by atoms with E-state index in [-0.39, 0.29) is 12.9 Å². The molecule has 0 unspecified atom stereocenters. The van der Waals surface area contributed by atoms with E-state index in [1.165, 1.54) is 70.6 Å². The van der Waals surface area contributed by atoms with Gasteiger partial charge in [-0.3, -0.25) is 0 Å². The maximum absolute atomic E-state index is 10.8. The Labute approximate surface area is 131 Å². The van der Waals surface area contributed by atoms with Gasteiger partial charge in [0.15, 0.2) is 0 Å². The number of ether oxygens (including phenoxy) is 2. The van der Waals surface area contributed by atoms with Crippen LogP contribution in [0.5, 0.6) is 0 Å². The largest absolute Gasteiger partial charge is 0.359 e. The quantitative estimate of drug-likeness (QED) is 0.209. The van der Waals surface area contributed by atoms with Crippen LogP contribution in [-0.2, 0) is 14.3 Å². The zero-order valence-corrected chi connectivity index (χ0v) is 14.3. The molecule has 3 heteroatoms. The monoisotopic (exact) mass is 300 g/mol. The van der Waals surface area contributed by atoms with Gasteiger partial charge in [0.1, 0.15) is 19.2 Å². The molecule has 0 saturated carbocycles. The highest BCUT2D eigenvalue weighted by atomic mass is 16.7. The summed E-state index contributed by atoms with van der Waals surface area (Å²) in [5.74, 6) is 0. The highest BCUT2D eigenvalue weighted by Gasteiger charge is 2.06. The van der Waals surface area contributed by atoms with Crippen LogP contribution in [0.15, 0.2) is 0 Å². The van der Waals surface area contributed by atoms with Gasteiger partial charge in [0.2, 0.25) is 0 Å². The molecule has 126 valence electrons. The molecule has 0 aliphatic rings. The van der Waals surface area contributed by atoms with E-state index in [4.69, 9.17) is 9.47 Å². The van der Waals surface area contributed by atoms with Crippen LogP contribution in [0.2, 0.25) is 0 Å². The molecule has 21 heavy (non-hydrogen) atoms. The SMILES string of the molecule is CCCCCCCCCCCCCC[C@H](C=O)OCOC. The standard InChI is InChI=1S/C18H36O3/c1-3-4-5-6-7-8-9-10-11-12-13-14-15-18(16-19)21-17-20-2/h16,18H,3-15,17H2,1-2H3/t18-/m1/s1. The first-order chi connectivity index (χ1) is 10.3. The van der Waals surface area contributed by atoms with E-state index in [0.29, 0.717) is 0 Å². The van der Waals surface area contributed by atoms with Crippen LogP contribution >= 0.6 is 0 Å². The van der Waals surface area contributed by atoms with Gasteiger partial charge in [0, 0.05) is 7.11 Å². The summed E-state index contributed by atoms with van der Waals surface area (Å²) in [6.07, 6.45) is 17.5. The van der Waals surface area contributed by atoms with Gasteiger partial charge in [-0.25, -0.2) is 0 Å². The van der Waals surface area contributed by atoms with Crippen molar-refractivity contribution in [1.82, 2.24) is 0 Å². The van der Waals surface area contributed by atoms with Crippen molar-refractivity contribution < 1.29 is 14.3 Å². The second kappa shape index (κ2) is 17.6. The maximum Gasteiger partial charge on any atom is 0.148 e. The highest BCUT2D eigenvalue weighted by molar-refractivity contribution is 5.55. The Kier molecular flexibility index (Phi) is 17.3. The van der Waals surface area contributed by atoms with Gasteiger partial charge in [0.05, 0.1) is 0 Å². The lowest BCUT2D eigenvalue weighted by molar-refractivity contribution is -0.128. The van der Waals surface area contributed by atoms with Gasteiger partial charge in [-0.1, -0.05) is 84.0 Å². The van der Waals surface area contributed by atoms with E-state index in [1.807, 2.05) is 0 Å². The van der Waals surface area contributed by atoms with Crippen molar-refractivity contribution >= 4 is 6.29 Å². The van der Waals surface area contributed by atoms with Crippen molar-refractivity contribution in [2.24, 2.45) is 0 Å². The molecular weight excluding hydrogens is 264 g/mol. The van der Waals surface area contributed by atoms with Crippen LogP contribution in [0.1, 0.15) is 90.4 Å². The third-order valence-corrected chi connectivity index (χ3v) is 3.89. The Balaban J connectivity index is 3.16. The third-order valence-electron chi connectivity index (χ3n) is 3.89. The second-order valence-corrected chi connectivity index (χ2v) is 5.93. The number of carbonyl (C=O) groups excluding carboxylic acids is 1. The minimum Gasteiger partial charge on any atom is -0.359 e. The summed E-state index contributed by atoms with van der Waals surface area (Å²) in [6.45, 7) is 2.47. The van der Waals surface area contributed by atoms with Gasteiger partial charge < -0.3 is 14.3 Å². The van der Waals surface area contributed by atoms with Crippen LogP contribution in [0, 0.1) is 0 Å². The molecule has 1 atom stereocenters. The molecule has 0 aromatic rings. The van der Waals surface area contributed by atoms with Crippen LogP contribution < -0.4 is 0 Å². The smallest absolute Gasteiger partial charge is 0.148 e. The number of methoxy groups -OCH3 is 1. The normalized spacial score (nSPS) is 12.5. The summed E-state index contributed by atoms with van der Waals surface area (Å²) < 4.78 is 10.1. The molecule has 0 aromatic carbocycles. The van der Waals surface area contributed by atoms with Crippen LogP contribution in [-0.4, -0.2) is 26.3 Å². The first-order valence-corrected chi connectivity index (χ1v) is 8.91. The molecular formula is C18H36O3. The highest BCUT2D eigenvalue weighted by Crippen LogP contribution is 2.13. The fourth-order valence-electron chi connectivity index (χ4n) is 2.53. The Hall–Kier alpha value is -0.410. The van der Waals surface area contributed by atoms with Crippen molar-refractivity contribution in [3.63, 3.8) is 0 Å². The molecule has 0 aliphatic carbocycles. The Morgan fingerprint density at radius 2 is 1.29 bits per heavy atom. The summed E-state index contributed by atoms with van der Waals surface area (Å²) in [4.78, 5) is 10.8. The van der Waals surface area contributed by atoms with Crippen molar-refractivity contribution in [3.8, 4) is 0 Å². The average molecular weight is 300 g/mol. The van der Waals surface area contributed by atoms with E-state index in [0.717, 1.165) is 19.1 Å². The van der Waals surface area contributed by atoms with Crippen LogP contribution in [0.4, 0.5) is 0 Å². The lowest BCUT2D eigenvalue weighted by Crippen LogP contribution is -2.15. The van der Waals surface area contributed by atoms with E-state index >= 15 is 0 Å². The second-order valence-electron chi connectivity index (χ2n) is 5.93. The number of carbonyl (C=O) groups is 1. The summed E-state index contributed by atoms with van der Waals surface area (Å²) in [7, 11) is 1.58. The molecule has 0 N–H and O–H groups in total. The maximum atomic E-state index is 10.8. The molecule has 0 spiro atoms. The van der Waals surface area contributed by atoms with E-state index in [9.17, 15) is 4.79 Å². The molecule has 0 amide bonds. The molecule has 0 radical (unpaired) electrons. The Bertz CT molecular complexity index is 207. The molecule has 0 aromatic heterocycles. The summed E-state index contributed by atoms with van der Waals surface area (Å²) >= 11 is 0. The first-order valence-electron chi connectivity index (χ1n) is 8.91. The van der Waals surface area contributed by atoms with Crippen molar-refractivity contribution in [1.29, 1.82) is 0 Å². The van der Waals surface area contributed by atoms with Crippen LogP contribution in [0.25, 0.3) is 0 Å². The predicted molar refractivity (Wildman–Crippen MR) is 88.5 cm³/mol. The number of unbranched alkanes of at least 4 members (excludes halogenated alkanes) is 11. The summed E-state index contributed by atoms with van der Waals surface area (Å²) in [6, 6.07) is 0. The van der Waals surface area contributed by atoms with E-state index in [2.05, 4.69) is 6.92 Å². The molecule has 0 aliphatic heterocycles. The van der Waals surface area contributed by atoms with Gasteiger partial charge in [-0.05, 0) is 6.42 Å². The zero-order valence-electron chi connectivity index (χ0n) is 14.3. The predicted octanol–water partition coefficient (Wildman–Crippen LogP) is 5.27. The minimum atomic E-state index is -0.284. The average Bonchev–Trinajstić information content (AvgIpc) is 2.51. The number of rotatable bonds is 17. The van der Waals surface area contributed by atoms with Gasteiger partial charge >= 0.3 is 0 Å². The molecule has 0 heterocycles. The summed E-state index contributed by atoms with van der Waals surface area (Å²) in [5.41, 5.74) is 0. The lowest BCUT2D eigenvalue weighted by atomic mass is 10.0. The van der Waals surface area contributed by atoms with Gasteiger partial charge in [-0.15, -0.1) is 0 Å². The number of aldehydes is 1. The molecule has 0 saturated heterocycles. The number of hydrogen-bond acceptors (Lipinski definition) is 3. The zero-order chi connectivity index (χ0) is 15.6. The van der Waals surface area contributed by atoms with Crippen molar-refractivity contribution in [3.05, 3.63) is 0 Å². The Morgan fingerprint density at radius 1 is 0.810 bits per heavy atom. The van der Waals surface area contributed by atoms with Crippen molar-refractivity contribution in [2.45, 2.75) is 96.5 Å². The van der Waals surface area contributed by atoms with E-state index < -0.39 is 0 Å². The van der Waals surface area contributed by atoms with Gasteiger partial charge in [-0.2, -0.15) is 0 Å². The lowest BCUT2D eigenvalue weighted by Gasteiger charge is -2.10. The fourth-order valence-corrected chi connectivity index (χ4v) is 2.53. The fraction of sp³-hybridized carbons (Fsp3) is 0.944. The van der Waals surface area contributed by atoms with Gasteiger partial charge in [0.25, 0.3) is 0 Å². The minimum absolute atomic E-state index is 0.210. The molecule has 3 nitrogen and oxygen atoms in total. The molecule has 0 bridgehead atoms. The third kappa shape index (κ3) is 15.8. The molecule has 0 fully saturated rings. The van der Waals surface area contributed by atoms with Crippen LogP contribution in [0.3, 0.4) is 0 Å². The summed E-state index contributed by atoms with van der Waals surface area (Å²) in [5, 5.41) is 0. The number of hydrogen-bond donors (Lipinski definition) is 0.